The van der Waals surface area contributed by atoms with Crippen LogP contribution in [0.4, 0.5) is 28.9 Å². The lowest BCUT2D eigenvalue weighted by atomic mass is 9.87. The number of benzene rings is 2. The maximum atomic E-state index is 15.4. The molecule has 43 heavy (non-hydrogen) atoms. The van der Waals surface area contributed by atoms with Crippen molar-refractivity contribution in [1.82, 2.24) is 15.2 Å². The zero-order valence-electron chi connectivity index (χ0n) is 24.2. The zero-order valence-corrected chi connectivity index (χ0v) is 25.1. The molecule has 230 valence electrons. The van der Waals surface area contributed by atoms with Crippen molar-refractivity contribution in [2.75, 3.05) is 57.2 Å². The first-order valence-corrected chi connectivity index (χ1v) is 14.3. The molecule has 0 radical (unpaired) electrons. The van der Waals surface area contributed by atoms with Gasteiger partial charge in [-0.2, -0.15) is 25.8 Å². The molecule has 3 N–H and O–H groups in total. The van der Waals surface area contributed by atoms with Gasteiger partial charge >= 0.3 is 6.18 Å². The third-order valence-corrected chi connectivity index (χ3v) is 8.15. The number of alkyl halides is 4. The number of allylic oxidation sites excluding steroid dienone is 1. The predicted octanol–water partition coefficient (Wildman–Crippen LogP) is 6.06. The number of pyridine rings is 1. The summed E-state index contributed by atoms with van der Waals surface area (Å²) in [6.07, 6.45) is -2.15. The smallest absolute Gasteiger partial charge is 0.417 e. The number of rotatable bonds is 10. The molecule has 2 atom stereocenters. The number of piperidine rings is 1. The lowest BCUT2D eigenvalue weighted by Gasteiger charge is -2.44. The zero-order chi connectivity index (χ0) is 31.4. The number of hydrogen-bond donors (Lipinski definition) is 4. The molecule has 1 aliphatic heterocycles. The van der Waals surface area contributed by atoms with Gasteiger partial charge in [0.05, 0.1) is 35.3 Å². The molecule has 3 aromatic rings. The Labute approximate surface area is 253 Å². The van der Waals surface area contributed by atoms with Gasteiger partial charge in [-0.15, -0.1) is 0 Å². The number of likely N-dealkylation sites (tertiary alicyclic amines) is 1. The number of anilines is 2. The molecular formula is C31H35F4N5O2S. The van der Waals surface area contributed by atoms with E-state index in [4.69, 9.17) is 4.74 Å². The summed E-state index contributed by atoms with van der Waals surface area (Å²) in [5.74, 6) is 0.406. The van der Waals surface area contributed by atoms with Crippen LogP contribution in [0.3, 0.4) is 0 Å². The first-order chi connectivity index (χ1) is 20.4. The molecule has 0 saturated carbocycles. The Morgan fingerprint density at radius 3 is 2.65 bits per heavy atom. The van der Waals surface area contributed by atoms with E-state index in [2.05, 4.69) is 40.1 Å². The number of carbonyl (C=O) groups is 1. The molecule has 4 rings (SSSR count). The Bertz CT molecular complexity index is 1530. The fourth-order valence-electron chi connectivity index (χ4n) is 5.04. The summed E-state index contributed by atoms with van der Waals surface area (Å²) in [6, 6.07) is 11.5. The summed E-state index contributed by atoms with van der Waals surface area (Å²) in [4.78, 5) is 18.1. The van der Waals surface area contributed by atoms with Crippen LogP contribution < -0.4 is 20.7 Å². The third kappa shape index (κ3) is 7.07. The molecule has 7 nitrogen and oxygen atoms in total. The van der Waals surface area contributed by atoms with Crippen molar-refractivity contribution >= 4 is 52.3 Å². The fourth-order valence-corrected chi connectivity index (χ4v) is 5.48. The van der Waals surface area contributed by atoms with Crippen LogP contribution in [-0.4, -0.2) is 80.3 Å². The number of nitrogens with one attached hydrogen (secondary N) is 3. The first kappa shape index (κ1) is 32.2. The standard InChI is InChI=1S/C31H35F4N5O2S/c1-19(31(33,34)35)28-22-8-5-9-24(39-30(18-43)12-14-40(3)17-27(30)32)23(22)16-21(38-28)7-6-13-37-25-11-10-20(29(41)36-2)15-26(25)42-4/h5-11,15-16,27,37,39,43H,1,12-14,17-18H2,2-4H3,(H,36,41)/b7-6+/t27-,30+/m0/s1. The van der Waals surface area contributed by atoms with Crippen LogP contribution in [0.15, 0.2) is 55.1 Å². The normalized spacial score (nSPS) is 19.4. The van der Waals surface area contributed by atoms with Gasteiger partial charge in [0.1, 0.15) is 11.9 Å². The second-order valence-corrected chi connectivity index (χ2v) is 10.8. The van der Waals surface area contributed by atoms with E-state index >= 15 is 4.39 Å². The Kier molecular flexibility index (Phi) is 9.91. The summed E-state index contributed by atoms with van der Waals surface area (Å²) < 4.78 is 62.3. The van der Waals surface area contributed by atoms with Crippen LogP contribution in [0.1, 0.15) is 28.2 Å². The molecule has 0 spiro atoms. The molecule has 12 heteroatoms. The van der Waals surface area contributed by atoms with Gasteiger partial charge in [0.2, 0.25) is 0 Å². The van der Waals surface area contributed by atoms with E-state index in [0.717, 1.165) is 0 Å². The number of fused-ring (bicyclic) bond motifs is 1. The third-order valence-electron chi connectivity index (χ3n) is 7.59. The quantitative estimate of drug-likeness (QED) is 0.164. The van der Waals surface area contributed by atoms with Crippen molar-refractivity contribution in [2.24, 2.45) is 0 Å². The highest BCUT2D eigenvalue weighted by Gasteiger charge is 2.42. The van der Waals surface area contributed by atoms with Gasteiger partial charge in [0.15, 0.2) is 0 Å². The highest BCUT2D eigenvalue weighted by atomic mass is 32.1. The number of methoxy groups -OCH3 is 1. The molecule has 0 unspecified atom stereocenters. The van der Waals surface area contributed by atoms with Crippen molar-refractivity contribution < 1.29 is 27.1 Å². The molecule has 0 bridgehead atoms. The second kappa shape index (κ2) is 13.3. The molecule has 2 heterocycles. The number of hydrogen-bond acceptors (Lipinski definition) is 7. The van der Waals surface area contributed by atoms with Crippen LogP contribution in [0.2, 0.25) is 0 Å². The highest BCUT2D eigenvalue weighted by molar-refractivity contribution is 7.80. The van der Waals surface area contributed by atoms with Gasteiger partial charge in [0.25, 0.3) is 5.91 Å². The summed E-state index contributed by atoms with van der Waals surface area (Å²) in [6.45, 7) is 4.45. The van der Waals surface area contributed by atoms with E-state index in [1.165, 1.54) is 14.2 Å². The van der Waals surface area contributed by atoms with Crippen molar-refractivity contribution in [3.63, 3.8) is 0 Å². The molecule has 1 fully saturated rings. The summed E-state index contributed by atoms with van der Waals surface area (Å²) in [5.41, 5.74) is -0.539. The minimum Gasteiger partial charge on any atom is -0.495 e. The molecule has 1 aromatic heterocycles. The predicted molar refractivity (Wildman–Crippen MR) is 168 cm³/mol. The molecule has 2 aromatic carbocycles. The van der Waals surface area contributed by atoms with E-state index < -0.39 is 23.5 Å². The van der Waals surface area contributed by atoms with E-state index in [1.54, 1.807) is 54.6 Å². The van der Waals surface area contributed by atoms with E-state index in [-0.39, 0.29) is 41.5 Å². The molecule has 1 amide bonds. The fraction of sp³-hybridized carbons (Fsp3) is 0.355. The van der Waals surface area contributed by atoms with Crippen LogP contribution in [0.25, 0.3) is 22.4 Å². The van der Waals surface area contributed by atoms with Crippen LogP contribution >= 0.6 is 12.6 Å². The minimum atomic E-state index is -4.70. The molecule has 1 saturated heterocycles. The molecule has 1 aliphatic rings. The number of amides is 1. The number of carbonyl (C=O) groups excluding carboxylic acids is 1. The van der Waals surface area contributed by atoms with E-state index in [1.807, 2.05) is 11.9 Å². The van der Waals surface area contributed by atoms with Crippen molar-refractivity contribution in [2.45, 2.75) is 24.3 Å². The Balaban J connectivity index is 1.68. The first-order valence-electron chi connectivity index (χ1n) is 13.6. The Morgan fingerprint density at radius 2 is 2.00 bits per heavy atom. The average Bonchev–Trinajstić information content (AvgIpc) is 2.99. The van der Waals surface area contributed by atoms with Gasteiger partial charge in [0, 0.05) is 54.5 Å². The number of halogens is 4. The van der Waals surface area contributed by atoms with Gasteiger partial charge in [-0.1, -0.05) is 24.8 Å². The lowest BCUT2D eigenvalue weighted by Crippen LogP contribution is -2.58. The summed E-state index contributed by atoms with van der Waals surface area (Å²) >= 11 is 4.45. The molecular weight excluding hydrogens is 582 g/mol. The van der Waals surface area contributed by atoms with Gasteiger partial charge in [-0.25, -0.2) is 9.37 Å². The molecule has 0 aliphatic carbocycles. The number of aromatic nitrogens is 1. The van der Waals surface area contributed by atoms with Crippen LogP contribution in [-0.2, 0) is 0 Å². The topological polar surface area (TPSA) is 78.5 Å². The largest absolute Gasteiger partial charge is 0.495 e. The minimum absolute atomic E-state index is 0.206. The average molecular weight is 618 g/mol. The maximum absolute atomic E-state index is 15.4. The van der Waals surface area contributed by atoms with E-state index in [0.29, 0.717) is 41.0 Å². The number of thiol groups is 1. The monoisotopic (exact) mass is 617 g/mol. The number of ether oxygens (including phenoxy) is 1. The Hall–Kier alpha value is -3.77. The van der Waals surface area contributed by atoms with Crippen LogP contribution in [0, 0.1) is 0 Å². The van der Waals surface area contributed by atoms with Gasteiger partial charge in [-0.3, -0.25) is 4.79 Å². The lowest BCUT2D eigenvalue weighted by molar-refractivity contribution is -0.0688. The van der Waals surface area contributed by atoms with Gasteiger partial charge in [-0.05, 0) is 49.9 Å². The van der Waals surface area contributed by atoms with Crippen molar-refractivity contribution in [1.29, 1.82) is 0 Å². The van der Waals surface area contributed by atoms with Crippen LogP contribution in [0.5, 0.6) is 5.75 Å². The second-order valence-electron chi connectivity index (χ2n) is 10.5. The number of nitrogens with zero attached hydrogens (tertiary/aromatic N) is 2. The Morgan fingerprint density at radius 1 is 1.23 bits per heavy atom. The van der Waals surface area contributed by atoms with Gasteiger partial charge < -0.3 is 25.6 Å². The highest BCUT2D eigenvalue weighted by Crippen LogP contribution is 2.39. The summed E-state index contributed by atoms with van der Waals surface area (Å²) in [5, 5.41) is 9.75. The maximum Gasteiger partial charge on any atom is 0.417 e. The van der Waals surface area contributed by atoms with Crippen molar-refractivity contribution in [3.05, 3.63) is 72.1 Å². The van der Waals surface area contributed by atoms with E-state index in [9.17, 15) is 18.0 Å². The van der Waals surface area contributed by atoms with Crippen molar-refractivity contribution in [3.8, 4) is 5.75 Å². The summed E-state index contributed by atoms with van der Waals surface area (Å²) in [7, 11) is 4.86. The SMILES string of the molecule is C=C(c1nc(/C=C/CNc2ccc(C(=O)NC)cc2OC)cc2c(N[C@@]3(CS)CCN(C)C[C@@H]3F)cccc12)C(F)(F)F.